The van der Waals surface area contributed by atoms with Gasteiger partial charge in [0.1, 0.15) is 6.29 Å². The van der Waals surface area contributed by atoms with E-state index in [1.807, 2.05) is 0 Å². The molecular weight excluding hydrogens is 146 g/mol. The molecule has 0 saturated carbocycles. The third kappa shape index (κ3) is 17.6. The monoisotopic (exact) mass is 161 g/mol. The number of hydrogen-bond donors (Lipinski definition) is 2. The Morgan fingerprint density at radius 1 is 1.64 bits per heavy atom. The first-order valence-electron chi connectivity index (χ1n) is 3.37. The quantitative estimate of drug-likeness (QED) is 0.577. The predicted molar refractivity (Wildman–Crippen MR) is 42.5 cm³/mol. The lowest BCUT2D eigenvalue weighted by atomic mass is 10.2. The Balaban J connectivity index is 0. The van der Waals surface area contributed by atoms with Gasteiger partial charge in [0.25, 0.3) is 0 Å². The number of carbonyl (C=O) groups is 2. The van der Waals surface area contributed by atoms with E-state index in [2.05, 4.69) is 5.32 Å². The van der Waals surface area contributed by atoms with Crippen molar-refractivity contribution in [1.82, 2.24) is 5.32 Å². The molecule has 0 spiro atoms. The maximum Gasteiger partial charge on any atom is 0.305 e. The summed E-state index contributed by atoms with van der Waals surface area (Å²) in [5, 5.41) is 10.6. The van der Waals surface area contributed by atoms with Crippen LogP contribution in [-0.2, 0) is 9.59 Å². The topological polar surface area (TPSA) is 66.4 Å². The Morgan fingerprint density at radius 2 is 2.00 bits per heavy atom. The van der Waals surface area contributed by atoms with Gasteiger partial charge in [0.15, 0.2) is 0 Å². The third-order valence-electron chi connectivity index (χ3n) is 0.781. The summed E-state index contributed by atoms with van der Waals surface area (Å²) in [7, 11) is 1.73. The first-order valence-corrected chi connectivity index (χ1v) is 3.37. The number of hydrogen-bond acceptors (Lipinski definition) is 3. The van der Waals surface area contributed by atoms with Gasteiger partial charge in [-0.15, -0.1) is 0 Å². The van der Waals surface area contributed by atoms with Crippen LogP contribution in [0.1, 0.15) is 13.8 Å². The number of likely N-dealkylation sites (N-methyl/N-ethyl adjacent to an activating group) is 1. The average molecular weight is 161 g/mol. The van der Waals surface area contributed by atoms with E-state index in [1.165, 1.54) is 0 Å². The number of carboxylic acid groups (broad SMARTS) is 1. The van der Waals surface area contributed by atoms with Gasteiger partial charge in [0, 0.05) is 0 Å². The van der Waals surface area contributed by atoms with Crippen LogP contribution in [0, 0.1) is 5.92 Å². The van der Waals surface area contributed by atoms with Gasteiger partial charge in [-0.1, -0.05) is 13.8 Å². The zero-order chi connectivity index (χ0) is 9.28. The number of aldehydes is 1. The zero-order valence-electron chi connectivity index (χ0n) is 7.13. The molecular formula is C7H15NO3. The van der Waals surface area contributed by atoms with Gasteiger partial charge in [-0.25, -0.2) is 0 Å². The molecule has 0 aromatic heterocycles. The van der Waals surface area contributed by atoms with Crippen molar-refractivity contribution in [1.29, 1.82) is 0 Å². The molecule has 4 heteroatoms. The second-order valence-electron chi connectivity index (χ2n) is 2.22. The molecule has 0 amide bonds. The standard InChI is InChI=1S/C4H8O2.C3H7NO/c1-3(2)4(5)6;1-4-2-3-5/h3H,1-2H3,(H,5,6);3-4H,2H2,1H3. The van der Waals surface area contributed by atoms with Crippen LogP contribution in [0.15, 0.2) is 0 Å². The van der Waals surface area contributed by atoms with Crippen molar-refractivity contribution in [3.8, 4) is 0 Å². The summed E-state index contributed by atoms with van der Waals surface area (Å²) >= 11 is 0. The first-order chi connectivity index (χ1) is 5.06. The van der Waals surface area contributed by atoms with E-state index >= 15 is 0 Å². The van der Waals surface area contributed by atoms with E-state index < -0.39 is 5.97 Å². The minimum Gasteiger partial charge on any atom is -0.481 e. The predicted octanol–water partition coefficient (Wildman–Crippen LogP) is 0.132. The van der Waals surface area contributed by atoms with E-state index in [0.717, 1.165) is 6.29 Å². The molecule has 0 aliphatic carbocycles. The van der Waals surface area contributed by atoms with E-state index in [9.17, 15) is 9.59 Å². The Hall–Kier alpha value is -0.900. The third-order valence-corrected chi connectivity index (χ3v) is 0.781. The minimum atomic E-state index is -0.741. The number of rotatable bonds is 3. The lowest BCUT2D eigenvalue weighted by molar-refractivity contribution is -0.140. The molecule has 0 radical (unpaired) electrons. The Kier molecular flexibility index (Phi) is 10.5. The molecule has 0 unspecified atom stereocenters. The van der Waals surface area contributed by atoms with E-state index in [0.29, 0.717) is 6.54 Å². The number of carboxylic acids is 1. The molecule has 0 aliphatic heterocycles. The van der Waals surface area contributed by atoms with Gasteiger partial charge in [-0.2, -0.15) is 0 Å². The molecule has 0 aliphatic rings. The van der Waals surface area contributed by atoms with Crippen LogP contribution in [-0.4, -0.2) is 31.0 Å². The molecule has 0 heterocycles. The van der Waals surface area contributed by atoms with Gasteiger partial charge in [0.2, 0.25) is 0 Å². The summed E-state index contributed by atoms with van der Waals surface area (Å²) in [5.74, 6) is -0.972. The van der Waals surface area contributed by atoms with Crippen molar-refractivity contribution >= 4 is 12.3 Å². The van der Waals surface area contributed by atoms with Gasteiger partial charge in [-0.3, -0.25) is 4.79 Å². The first kappa shape index (κ1) is 12.7. The molecule has 0 rings (SSSR count). The van der Waals surface area contributed by atoms with Crippen molar-refractivity contribution < 1.29 is 14.7 Å². The Morgan fingerprint density at radius 3 is 2.00 bits per heavy atom. The lowest BCUT2D eigenvalue weighted by Crippen LogP contribution is -2.07. The molecule has 66 valence electrons. The summed E-state index contributed by atoms with van der Waals surface area (Å²) in [6.45, 7) is 3.74. The molecule has 4 nitrogen and oxygen atoms in total. The largest absolute Gasteiger partial charge is 0.481 e. The fourth-order valence-electron chi connectivity index (χ4n) is 0.0833. The molecule has 0 aromatic carbocycles. The van der Waals surface area contributed by atoms with Crippen molar-refractivity contribution in [3.05, 3.63) is 0 Å². The van der Waals surface area contributed by atoms with Crippen molar-refractivity contribution in [3.63, 3.8) is 0 Å². The summed E-state index contributed by atoms with van der Waals surface area (Å²) < 4.78 is 0. The summed E-state index contributed by atoms with van der Waals surface area (Å²) in [4.78, 5) is 19.0. The molecule has 0 fully saturated rings. The van der Waals surface area contributed by atoms with E-state index in [1.54, 1.807) is 20.9 Å². The van der Waals surface area contributed by atoms with Crippen LogP contribution in [0.25, 0.3) is 0 Å². The van der Waals surface area contributed by atoms with Crippen molar-refractivity contribution in [2.24, 2.45) is 5.92 Å². The number of aliphatic carboxylic acids is 1. The fraction of sp³-hybridized carbons (Fsp3) is 0.714. The van der Waals surface area contributed by atoms with Gasteiger partial charge in [-0.05, 0) is 7.05 Å². The second kappa shape index (κ2) is 9.10. The normalized spacial score (nSPS) is 8.36. The summed E-state index contributed by atoms with van der Waals surface area (Å²) in [6, 6.07) is 0. The maximum absolute atomic E-state index is 9.70. The zero-order valence-corrected chi connectivity index (χ0v) is 7.13. The Bertz CT molecular complexity index is 112. The highest BCUT2D eigenvalue weighted by Gasteiger charge is 1.99. The minimum absolute atomic E-state index is 0.231. The molecule has 0 aromatic rings. The van der Waals surface area contributed by atoms with Crippen LogP contribution >= 0.6 is 0 Å². The van der Waals surface area contributed by atoms with Crippen LogP contribution in [0.5, 0.6) is 0 Å². The van der Waals surface area contributed by atoms with Crippen LogP contribution < -0.4 is 5.32 Å². The molecule has 2 N–H and O–H groups in total. The second-order valence-corrected chi connectivity index (χ2v) is 2.22. The molecule has 0 saturated heterocycles. The van der Waals surface area contributed by atoms with Gasteiger partial charge in [0.05, 0.1) is 12.5 Å². The highest BCUT2D eigenvalue weighted by atomic mass is 16.4. The maximum atomic E-state index is 9.70. The molecule has 0 atom stereocenters. The van der Waals surface area contributed by atoms with Crippen LogP contribution in [0.3, 0.4) is 0 Å². The molecule has 0 bridgehead atoms. The smallest absolute Gasteiger partial charge is 0.305 e. The fourth-order valence-corrected chi connectivity index (χ4v) is 0.0833. The Labute approximate surface area is 66.6 Å². The summed E-state index contributed by atoms with van der Waals surface area (Å²) in [5.41, 5.74) is 0. The van der Waals surface area contributed by atoms with Crippen molar-refractivity contribution in [2.45, 2.75) is 13.8 Å². The molecule has 11 heavy (non-hydrogen) atoms. The SMILES string of the molecule is CC(C)C(=O)O.CNCC=O. The number of carbonyl (C=O) groups excluding carboxylic acids is 1. The van der Waals surface area contributed by atoms with E-state index in [-0.39, 0.29) is 5.92 Å². The highest BCUT2D eigenvalue weighted by Crippen LogP contribution is 1.87. The number of nitrogens with one attached hydrogen (secondary N) is 1. The van der Waals surface area contributed by atoms with Crippen molar-refractivity contribution in [2.75, 3.05) is 13.6 Å². The van der Waals surface area contributed by atoms with Gasteiger partial charge >= 0.3 is 5.97 Å². The summed E-state index contributed by atoms with van der Waals surface area (Å²) in [6.07, 6.45) is 0.819. The van der Waals surface area contributed by atoms with Crippen LogP contribution in [0.2, 0.25) is 0 Å². The lowest BCUT2D eigenvalue weighted by Gasteiger charge is -1.89. The van der Waals surface area contributed by atoms with E-state index in [4.69, 9.17) is 5.11 Å². The van der Waals surface area contributed by atoms with Crippen LogP contribution in [0.4, 0.5) is 0 Å². The van der Waals surface area contributed by atoms with Gasteiger partial charge < -0.3 is 15.2 Å². The highest BCUT2D eigenvalue weighted by molar-refractivity contribution is 5.68. The average Bonchev–Trinajstić information content (AvgIpc) is 1.90.